The first kappa shape index (κ1) is 20.6. The summed E-state index contributed by atoms with van der Waals surface area (Å²) in [6.07, 6.45) is 9.82. The topological polar surface area (TPSA) is 60.4 Å². The van der Waals surface area contributed by atoms with Crippen molar-refractivity contribution in [1.82, 2.24) is 0 Å². The highest BCUT2D eigenvalue weighted by Crippen LogP contribution is 2.63. The average Bonchev–Trinajstić information content (AvgIpc) is 2.99. The highest BCUT2D eigenvalue weighted by atomic mass is 16.5. The predicted octanol–water partition coefficient (Wildman–Crippen LogP) is 4.82. The maximum atomic E-state index is 12.9. The summed E-state index contributed by atoms with van der Waals surface area (Å²) in [5, 5.41) is 0. The van der Waals surface area contributed by atoms with Crippen LogP contribution in [0.25, 0.3) is 0 Å². The van der Waals surface area contributed by atoms with E-state index in [2.05, 4.69) is 20.8 Å². The van der Waals surface area contributed by atoms with Gasteiger partial charge >= 0.3 is 5.97 Å². The number of rotatable bonds is 4. The van der Waals surface area contributed by atoms with E-state index in [0.29, 0.717) is 30.0 Å². The summed E-state index contributed by atoms with van der Waals surface area (Å²) in [6, 6.07) is 0. The van der Waals surface area contributed by atoms with Crippen LogP contribution in [-0.2, 0) is 19.1 Å². The maximum absolute atomic E-state index is 12.9. The lowest BCUT2D eigenvalue weighted by atomic mass is 9.48. The molecule has 0 saturated heterocycles. The molecule has 4 heteroatoms. The molecule has 0 aromatic rings. The summed E-state index contributed by atoms with van der Waals surface area (Å²) in [5.41, 5.74) is 2.40. The summed E-state index contributed by atoms with van der Waals surface area (Å²) in [5.74, 6) is 1.75. The standard InChI is InChI=1S/C25H34O4/c1-5-6-23(29-15(3)26)20-13-22(28)19-9-10-21-18(24(19)20)8-7-16-12-17(27)11-14(2)25(16,21)4/h11-12,18-21,23-24H,5-10,13H2,1-4H3. The Hall–Kier alpha value is -1.71. The highest BCUT2D eigenvalue weighted by molar-refractivity contribution is 6.02. The molecule has 29 heavy (non-hydrogen) atoms. The Morgan fingerprint density at radius 2 is 2.00 bits per heavy atom. The van der Waals surface area contributed by atoms with Crippen molar-refractivity contribution in [3.8, 4) is 0 Å². The van der Waals surface area contributed by atoms with Gasteiger partial charge in [0.05, 0.1) is 0 Å². The largest absolute Gasteiger partial charge is 0.462 e. The number of hydrogen-bond donors (Lipinski definition) is 0. The first-order valence-electron chi connectivity index (χ1n) is 11.4. The molecule has 0 aliphatic heterocycles. The van der Waals surface area contributed by atoms with Crippen LogP contribution < -0.4 is 0 Å². The Bertz CT molecular complexity index is 791. The van der Waals surface area contributed by atoms with Gasteiger partial charge < -0.3 is 4.74 Å². The predicted molar refractivity (Wildman–Crippen MR) is 111 cm³/mol. The van der Waals surface area contributed by atoms with Crippen LogP contribution in [0.4, 0.5) is 0 Å². The number of allylic oxidation sites excluding steroid dienone is 4. The van der Waals surface area contributed by atoms with Crippen molar-refractivity contribution in [1.29, 1.82) is 0 Å². The Morgan fingerprint density at radius 1 is 1.24 bits per heavy atom. The summed E-state index contributed by atoms with van der Waals surface area (Å²) in [7, 11) is 0. The fourth-order valence-electron chi connectivity index (χ4n) is 7.36. The fourth-order valence-corrected chi connectivity index (χ4v) is 7.36. The van der Waals surface area contributed by atoms with Crippen molar-refractivity contribution in [2.75, 3.05) is 0 Å². The number of fused-ring (bicyclic) bond motifs is 5. The van der Waals surface area contributed by atoms with Crippen LogP contribution in [0.1, 0.15) is 72.6 Å². The van der Waals surface area contributed by atoms with Crippen LogP contribution in [0.2, 0.25) is 0 Å². The Morgan fingerprint density at radius 3 is 2.69 bits per heavy atom. The Labute approximate surface area is 174 Å². The lowest BCUT2D eigenvalue weighted by Gasteiger charge is -2.56. The molecule has 7 atom stereocenters. The first-order valence-corrected chi connectivity index (χ1v) is 11.4. The number of carbonyl (C=O) groups excluding carboxylic acids is 3. The minimum atomic E-state index is -0.239. The molecule has 158 valence electrons. The van der Waals surface area contributed by atoms with Crippen molar-refractivity contribution >= 4 is 17.5 Å². The van der Waals surface area contributed by atoms with E-state index < -0.39 is 0 Å². The second kappa shape index (κ2) is 7.52. The van der Waals surface area contributed by atoms with Gasteiger partial charge in [0.15, 0.2) is 5.78 Å². The van der Waals surface area contributed by atoms with Crippen molar-refractivity contribution < 1.29 is 19.1 Å². The van der Waals surface area contributed by atoms with E-state index in [4.69, 9.17) is 4.74 Å². The van der Waals surface area contributed by atoms with Crippen LogP contribution in [-0.4, -0.2) is 23.6 Å². The number of ether oxygens (including phenoxy) is 1. The van der Waals surface area contributed by atoms with Gasteiger partial charge in [-0.3, -0.25) is 14.4 Å². The second-order valence-corrected chi connectivity index (χ2v) is 9.94. The van der Waals surface area contributed by atoms with E-state index in [1.165, 1.54) is 18.1 Å². The lowest BCUT2D eigenvalue weighted by Crippen LogP contribution is -2.50. The molecule has 7 unspecified atom stereocenters. The SMILES string of the molecule is CCCC(OC(C)=O)C1CC(=O)C2CCC3C(CCC4=CC(=O)C=C(C)C43C)C21. The average molecular weight is 399 g/mol. The third kappa shape index (κ3) is 3.23. The van der Waals surface area contributed by atoms with Crippen molar-refractivity contribution in [2.45, 2.75) is 78.7 Å². The maximum Gasteiger partial charge on any atom is 0.302 e. The molecule has 0 aromatic heterocycles. The fraction of sp³-hybridized carbons (Fsp3) is 0.720. The third-order valence-electron chi connectivity index (χ3n) is 8.63. The van der Waals surface area contributed by atoms with Crippen LogP contribution in [0.5, 0.6) is 0 Å². The zero-order valence-corrected chi connectivity index (χ0v) is 18.2. The van der Waals surface area contributed by atoms with Gasteiger partial charge in [0.25, 0.3) is 0 Å². The van der Waals surface area contributed by atoms with E-state index in [9.17, 15) is 14.4 Å². The molecule has 4 rings (SSSR count). The molecular weight excluding hydrogens is 364 g/mol. The third-order valence-corrected chi connectivity index (χ3v) is 8.63. The normalized spacial score (nSPS) is 39.7. The zero-order valence-electron chi connectivity index (χ0n) is 18.2. The van der Waals surface area contributed by atoms with E-state index in [-0.39, 0.29) is 35.1 Å². The summed E-state index contributed by atoms with van der Waals surface area (Å²) < 4.78 is 5.76. The van der Waals surface area contributed by atoms with Crippen LogP contribution >= 0.6 is 0 Å². The Kier molecular flexibility index (Phi) is 5.33. The molecule has 3 saturated carbocycles. The minimum absolute atomic E-state index is 0.0698. The van der Waals surface area contributed by atoms with Gasteiger partial charge in [-0.25, -0.2) is 0 Å². The van der Waals surface area contributed by atoms with Gasteiger partial charge in [-0.1, -0.05) is 31.4 Å². The van der Waals surface area contributed by atoms with Crippen LogP contribution in [0, 0.1) is 35.0 Å². The lowest BCUT2D eigenvalue weighted by molar-refractivity contribution is -0.152. The molecule has 0 heterocycles. The number of carbonyl (C=O) groups is 3. The zero-order chi connectivity index (χ0) is 20.9. The van der Waals surface area contributed by atoms with E-state index in [0.717, 1.165) is 38.5 Å². The van der Waals surface area contributed by atoms with Gasteiger partial charge in [0.1, 0.15) is 11.9 Å². The quantitative estimate of drug-likeness (QED) is 0.637. The molecule has 0 amide bonds. The molecule has 4 aliphatic rings. The smallest absolute Gasteiger partial charge is 0.302 e. The number of esters is 1. The summed E-state index contributed by atoms with van der Waals surface area (Å²) in [6.45, 7) is 8.01. The van der Waals surface area contributed by atoms with Gasteiger partial charge in [-0.2, -0.15) is 0 Å². The first-order chi connectivity index (χ1) is 13.8. The summed E-state index contributed by atoms with van der Waals surface area (Å²) in [4.78, 5) is 36.8. The highest BCUT2D eigenvalue weighted by Gasteiger charge is 2.58. The van der Waals surface area contributed by atoms with Crippen molar-refractivity contribution in [3.63, 3.8) is 0 Å². The van der Waals surface area contributed by atoms with E-state index >= 15 is 0 Å². The molecule has 0 radical (unpaired) electrons. The Balaban J connectivity index is 1.69. The van der Waals surface area contributed by atoms with Crippen molar-refractivity contribution in [3.05, 3.63) is 23.3 Å². The number of hydrogen-bond acceptors (Lipinski definition) is 4. The molecule has 0 bridgehead atoms. The van der Waals surface area contributed by atoms with Crippen LogP contribution in [0.3, 0.4) is 0 Å². The molecule has 0 N–H and O–H groups in total. The monoisotopic (exact) mass is 398 g/mol. The van der Waals surface area contributed by atoms with Crippen molar-refractivity contribution in [2.24, 2.45) is 35.0 Å². The molecule has 0 spiro atoms. The molecule has 3 fully saturated rings. The molecule has 4 nitrogen and oxygen atoms in total. The minimum Gasteiger partial charge on any atom is -0.462 e. The van der Waals surface area contributed by atoms with Gasteiger partial charge in [-0.15, -0.1) is 0 Å². The van der Waals surface area contributed by atoms with Gasteiger partial charge in [0, 0.05) is 30.6 Å². The molecular formula is C25H34O4. The number of Topliss-reactive ketones (excluding diaryl/α,β-unsaturated/α-hetero) is 1. The van der Waals surface area contributed by atoms with Crippen LogP contribution in [0.15, 0.2) is 23.3 Å². The second-order valence-electron chi connectivity index (χ2n) is 9.94. The van der Waals surface area contributed by atoms with Gasteiger partial charge in [0.2, 0.25) is 0 Å². The molecule has 4 aliphatic carbocycles. The molecule has 0 aromatic carbocycles. The van der Waals surface area contributed by atoms with E-state index in [1.807, 2.05) is 12.2 Å². The summed E-state index contributed by atoms with van der Waals surface area (Å²) >= 11 is 0. The number of ketones is 2. The van der Waals surface area contributed by atoms with Gasteiger partial charge in [-0.05, 0) is 68.9 Å². The van der Waals surface area contributed by atoms with E-state index in [1.54, 1.807) is 0 Å².